The molecule has 1 aromatic rings. The van der Waals surface area contributed by atoms with Crippen LogP contribution in [0.3, 0.4) is 0 Å². The van der Waals surface area contributed by atoms with Crippen LogP contribution in [0.4, 0.5) is 0 Å². The highest BCUT2D eigenvalue weighted by atomic mass is 16.6. The van der Waals surface area contributed by atoms with Crippen LogP contribution in [0.25, 0.3) is 0 Å². The van der Waals surface area contributed by atoms with Gasteiger partial charge in [-0.25, -0.2) is 0 Å². The molecule has 1 heterocycles. The Balaban J connectivity index is 1.72. The van der Waals surface area contributed by atoms with Gasteiger partial charge in [-0.2, -0.15) is 0 Å². The molecule has 0 amide bonds. The molecule has 0 spiro atoms. The lowest BCUT2D eigenvalue weighted by molar-refractivity contribution is -0.147. The summed E-state index contributed by atoms with van der Waals surface area (Å²) in [4.78, 5) is 11.4. The Morgan fingerprint density at radius 3 is 2.63 bits per heavy atom. The maximum absolute atomic E-state index is 11.4. The third kappa shape index (κ3) is 5.30. The van der Waals surface area contributed by atoms with Crippen LogP contribution in [0.2, 0.25) is 0 Å². The maximum Gasteiger partial charge on any atom is 0.306 e. The van der Waals surface area contributed by atoms with Gasteiger partial charge in [0.15, 0.2) is 0 Å². The minimum atomic E-state index is -0.152. The van der Waals surface area contributed by atoms with E-state index in [1.165, 1.54) is 0 Å². The molecule has 0 bridgehead atoms. The average Bonchev–Trinajstić information content (AvgIpc) is 3.18. The van der Waals surface area contributed by atoms with Crippen molar-refractivity contribution in [3.05, 3.63) is 29.8 Å². The molecule has 104 valence electrons. The number of esters is 1. The zero-order chi connectivity index (χ0) is 13.7. The summed E-state index contributed by atoms with van der Waals surface area (Å²) < 4.78 is 15.7. The Hall–Kier alpha value is -1.55. The Labute approximate surface area is 113 Å². The van der Waals surface area contributed by atoms with Crippen molar-refractivity contribution in [2.24, 2.45) is 0 Å². The standard InChI is InChI=1S/C15H20O4/c1-11(2)19-15(16)8-5-12-3-6-13(7-4-12)17-9-14-10-18-14/h3-4,6-7,11,14H,5,8-10H2,1-2H3. The number of epoxide rings is 1. The second-order valence-electron chi connectivity index (χ2n) is 4.95. The maximum atomic E-state index is 11.4. The highest BCUT2D eigenvalue weighted by Gasteiger charge is 2.22. The lowest BCUT2D eigenvalue weighted by Gasteiger charge is -2.08. The number of hydrogen-bond acceptors (Lipinski definition) is 4. The second kappa shape index (κ2) is 6.57. The van der Waals surface area contributed by atoms with Crippen LogP contribution >= 0.6 is 0 Å². The fraction of sp³-hybridized carbons (Fsp3) is 0.533. The van der Waals surface area contributed by atoms with Crippen LogP contribution in [-0.2, 0) is 20.7 Å². The summed E-state index contributed by atoms with van der Waals surface area (Å²) in [5, 5.41) is 0. The van der Waals surface area contributed by atoms with E-state index in [0.717, 1.165) is 17.9 Å². The van der Waals surface area contributed by atoms with Crippen LogP contribution in [0, 0.1) is 0 Å². The minimum absolute atomic E-state index is 0.0482. The highest BCUT2D eigenvalue weighted by Crippen LogP contribution is 2.16. The van der Waals surface area contributed by atoms with E-state index in [-0.39, 0.29) is 18.2 Å². The summed E-state index contributed by atoms with van der Waals surface area (Å²) >= 11 is 0. The van der Waals surface area contributed by atoms with Crippen LogP contribution in [-0.4, -0.2) is 31.4 Å². The predicted molar refractivity (Wildman–Crippen MR) is 71.2 cm³/mol. The smallest absolute Gasteiger partial charge is 0.306 e. The first kappa shape index (κ1) is 13.9. The molecule has 0 N–H and O–H groups in total. The summed E-state index contributed by atoms with van der Waals surface area (Å²) in [6.45, 7) is 5.12. The van der Waals surface area contributed by atoms with Gasteiger partial charge in [0, 0.05) is 6.42 Å². The highest BCUT2D eigenvalue weighted by molar-refractivity contribution is 5.69. The minimum Gasteiger partial charge on any atom is -0.491 e. The quantitative estimate of drug-likeness (QED) is 0.560. The molecule has 1 saturated heterocycles. The van der Waals surface area contributed by atoms with Crippen molar-refractivity contribution < 1.29 is 19.0 Å². The fourth-order valence-electron chi connectivity index (χ4n) is 1.67. The van der Waals surface area contributed by atoms with Crippen molar-refractivity contribution in [1.29, 1.82) is 0 Å². The molecule has 0 radical (unpaired) electrons. The van der Waals surface area contributed by atoms with E-state index >= 15 is 0 Å². The zero-order valence-electron chi connectivity index (χ0n) is 11.4. The van der Waals surface area contributed by atoms with Gasteiger partial charge in [0.1, 0.15) is 18.5 Å². The van der Waals surface area contributed by atoms with Gasteiger partial charge in [-0.1, -0.05) is 12.1 Å². The molecule has 0 saturated carbocycles. The van der Waals surface area contributed by atoms with Gasteiger partial charge in [0.25, 0.3) is 0 Å². The Bertz CT molecular complexity index is 407. The number of benzene rings is 1. The van der Waals surface area contributed by atoms with E-state index in [2.05, 4.69) is 0 Å². The summed E-state index contributed by atoms with van der Waals surface area (Å²) in [7, 11) is 0. The summed E-state index contributed by atoms with van der Waals surface area (Å²) in [5.74, 6) is 0.685. The zero-order valence-corrected chi connectivity index (χ0v) is 11.4. The van der Waals surface area contributed by atoms with Crippen LogP contribution in [0.1, 0.15) is 25.8 Å². The van der Waals surface area contributed by atoms with E-state index in [0.29, 0.717) is 19.4 Å². The van der Waals surface area contributed by atoms with E-state index in [9.17, 15) is 4.79 Å². The van der Waals surface area contributed by atoms with Gasteiger partial charge in [0.05, 0.1) is 12.7 Å². The normalized spacial score (nSPS) is 17.3. The fourth-order valence-corrected chi connectivity index (χ4v) is 1.67. The van der Waals surface area contributed by atoms with Gasteiger partial charge in [-0.05, 0) is 38.0 Å². The van der Waals surface area contributed by atoms with E-state index in [1.54, 1.807) is 0 Å². The number of aryl methyl sites for hydroxylation is 1. The van der Waals surface area contributed by atoms with Gasteiger partial charge in [0.2, 0.25) is 0 Å². The third-order valence-electron chi connectivity index (χ3n) is 2.75. The molecular formula is C15H20O4. The lowest BCUT2D eigenvalue weighted by atomic mass is 10.1. The second-order valence-corrected chi connectivity index (χ2v) is 4.95. The predicted octanol–water partition coefficient (Wildman–Crippen LogP) is 2.35. The molecule has 1 aliphatic rings. The van der Waals surface area contributed by atoms with Crippen molar-refractivity contribution in [2.75, 3.05) is 13.2 Å². The van der Waals surface area contributed by atoms with Crippen molar-refractivity contribution in [3.8, 4) is 5.75 Å². The largest absolute Gasteiger partial charge is 0.491 e. The number of rotatable bonds is 7. The van der Waals surface area contributed by atoms with E-state index in [4.69, 9.17) is 14.2 Å². The van der Waals surface area contributed by atoms with Crippen molar-refractivity contribution in [2.45, 2.75) is 38.9 Å². The molecule has 4 heteroatoms. The molecule has 1 aliphatic heterocycles. The molecule has 0 aromatic heterocycles. The van der Waals surface area contributed by atoms with E-state index < -0.39 is 0 Å². The van der Waals surface area contributed by atoms with Crippen molar-refractivity contribution in [3.63, 3.8) is 0 Å². The van der Waals surface area contributed by atoms with Gasteiger partial charge < -0.3 is 14.2 Å². The summed E-state index contributed by atoms with van der Waals surface area (Å²) in [6.07, 6.45) is 1.32. The number of ether oxygens (including phenoxy) is 3. The molecule has 1 aromatic carbocycles. The molecule has 1 unspecified atom stereocenters. The summed E-state index contributed by atoms with van der Waals surface area (Å²) in [5.41, 5.74) is 1.11. The molecule has 1 atom stereocenters. The molecule has 4 nitrogen and oxygen atoms in total. The monoisotopic (exact) mass is 264 g/mol. The Morgan fingerprint density at radius 2 is 2.05 bits per heavy atom. The molecular weight excluding hydrogens is 244 g/mol. The van der Waals surface area contributed by atoms with E-state index in [1.807, 2.05) is 38.1 Å². The number of hydrogen-bond donors (Lipinski definition) is 0. The topological polar surface area (TPSA) is 48.1 Å². The van der Waals surface area contributed by atoms with Crippen molar-refractivity contribution in [1.82, 2.24) is 0 Å². The van der Waals surface area contributed by atoms with Gasteiger partial charge in [-0.3, -0.25) is 4.79 Å². The summed E-state index contributed by atoms with van der Waals surface area (Å²) in [6, 6.07) is 7.80. The first-order chi connectivity index (χ1) is 9.13. The van der Waals surface area contributed by atoms with Crippen molar-refractivity contribution >= 4 is 5.97 Å². The molecule has 0 aliphatic carbocycles. The van der Waals surface area contributed by atoms with Crippen LogP contribution in [0.5, 0.6) is 5.75 Å². The SMILES string of the molecule is CC(C)OC(=O)CCc1ccc(OCC2CO2)cc1. The van der Waals surface area contributed by atoms with Crippen LogP contribution < -0.4 is 4.74 Å². The third-order valence-corrected chi connectivity index (χ3v) is 2.75. The van der Waals surface area contributed by atoms with Gasteiger partial charge in [-0.15, -0.1) is 0 Å². The van der Waals surface area contributed by atoms with Crippen LogP contribution in [0.15, 0.2) is 24.3 Å². The molecule has 2 rings (SSSR count). The Morgan fingerprint density at radius 1 is 1.37 bits per heavy atom. The number of carbonyl (C=O) groups is 1. The van der Waals surface area contributed by atoms with Gasteiger partial charge >= 0.3 is 5.97 Å². The average molecular weight is 264 g/mol. The molecule has 19 heavy (non-hydrogen) atoms. The Kier molecular flexibility index (Phi) is 4.80. The first-order valence-corrected chi connectivity index (χ1v) is 6.66. The first-order valence-electron chi connectivity index (χ1n) is 6.66. The molecule has 1 fully saturated rings. The lowest BCUT2D eigenvalue weighted by Crippen LogP contribution is -2.11. The number of carbonyl (C=O) groups excluding carboxylic acids is 1.